The van der Waals surface area contributed by atoms with Crippen molar-refractivity contribution < 1.29 is 10.2 Å². The highest BCUT2D eigenvalue weighted by Gasteiger charge is 2.14. The van der Waals surface area contributed by atoms with Gasteiger partial charge in [0.15, 0.2) is 0 Å². The van der Waals surface area contributed by atoms with Gasteiger partial charge in [0, 0.05) is 0 Å². The maximum absolute atomic E-state index is 9.59. The van der Waals surface area contributed by atoms with Gasteiger partial charge in [0.2, 0.25) is 0 Å². The number of hydrogen-bond donors (Lipinski definition) is 2. The maximum atomic E-state index is 9.59. The second kappa shape index (κ2) is 9.47. The van der Waals surface area contributed by atoms with E-state index in [4.69, 9.17) is 0 Å². The van der Waals surface area contributed by atoms with Crippen LogP contribution in [0.3, 0.4) is 0 Å². The average Bonchev–Trinajstić information content (AvgIpc) is 2.18. The summed E-state index contributed by atoms with van der Waals surface area (Å²) < 4.78 is 0. The summed E-state index contributed by atoms with van der Waals surface area (Å²) in [5.41, 5.74) is 0. The van der Waals surface area contributed by atoms with Gasteiger partial charge in [0.25, 0.3) is 0 Å². The molecule has 0 aromatic rings. The minimum absolute atomic E-state index is 0.501. The van der Waals surface area contributed by atoms with Crippen LogP contribution in [0.15, 0.2) is 0 Å². The van der Waals surface area contributed by atoms with Gasteiger partial charge in [-0.3, -0.25) is 0 Å². The summed E-state index contributed by atoms with van der Waals surface area (Å²) in [6.45, 7) is 4.29. The second-order valence-corrected chi connectivity index (χ2v) is 4.13. The summed E-state index contributed by atoms with van der Waals surface area (Å²) >= 11 is 0. The second-order valence-electron chi connectivity index (χ2n) is 4.13. The first-order valence-electron chi connectivity index (χ1n) is 6.08. The van der Waals surface area contributed by atoms with Crippen LogP contribution >= 0.6 is 0 Å². The quantitative estimate of drug-likeness (QED) is 0.564. The molecule has 2 atom stereocenters. The van der Waals surface area contributed by atoms with Crippen molar-refractivity contribution in [1.29, 1.82) is 0 Å². The zero-order valence-electron chi connectivity index (χ0n) is 9.71. The van der Waals surface area contributed by atoms with E-state index >= 15 is 0 Å². The first kappa shape index (κ1) is 13.9. The minimum Gasteiger partial charge on any atom is -0.390 e. The molecule has 0 saturated carbocycles. The van der Waals surface area contributed by atoms with Crippen LogP contribution in [0.1, 0.15) is 65.2 Å². The van der Waals surface area contributed by atoms with E-state index < -0.39 is 12.2 Å². The van der Waals surface area contributed by atoms with Crippen molar-refractivity contribution in [3.63, 3.8) is 0 Å². The fourth-order valence-electron chi connectivity index (χ4n) is 1.59. The smallest absolute Gasteiger partial charge is 0.0799 e. The zero-order valence-corrected chi connectivity index (χ0v) is 9.71. The molecular weight excluding hydrogens is 176 g/mol. The SMILES string of the molecule is CCCCC[C@@H](O)[C@H](O)CCCCC. The molecule has 0 amide bonds. The van der Waals surface area contributed by atoms with Crippen molar-refractivity contribution in [2.45, 2.75) is 77.4 Å². The fraction of sp³-hybridized carbons (Fsp3) is 1.00. The molecule has 0 aromatic carbocycles. The third-order valence-corrected chi connectivity index (χ3v) is 2.65. The molecule has 0 bridgehead atoms. The van der Waals surface area contributed by atoms with Crippen LogP contribution in [-0.4, -0.2) is 22.4 Å². The molecule has 0 aliphatic rings. The molecule has 0 aromatic heterocycles. The Morgan fingerprint density at radius 1 is 0.714 bits per heavy atom. The van der Waals surface area contributed by atoms with Gasteiger partial charge < -0.3 is 10.2 Å². The topological polar surface area (TPSA) is 40.5 Å². The number of rotatable bonds is 9. The molecule has 0 spiro atoms. The molecule has 86 valence electrons. The van der Waals surface area contributed by atoms with Gasteiger partial charge in [-0.15, -0.1) is 0 Å². The van der Waals surface area contributed by atoms with Gasteiger partial charge in [-0.25, -0.2) is 0 Å². The Labute approximate surface area is 88.3 Å². The Morgan fingerprint density at radius 3 is 1.36 bits per heavy atom. The lowest BCUT2D eigenvalue weighted by Crippen LogP contribution is -2.25. The van der Waals surface area contributed by atoms with Crippen LogP contribution < -0.4 is 0 Å². The van der Waals surface area contributed by atoms with Crippen LogP contribution in [0.25, 0.3) is 0 Å². The van der Waals surface area contributed by atoms with Gasteiger partial charge in [-0.2, -0.15) is 0 Å². The molecule has 14 heavy (non-hydrogen) atoms. The van der Waals surface area contributed by atoms with Crippen molar-refractivity contribution in [3.8, 4) is 0 Å². The monoisotopic (exact) mass is 202 g/mol. The number of hydrogen-bond acceptors (Lipinski definition) is 2. The molecule has 2 nitrogen and oxygen atoms in total. The molecule has 0 aliphatic heterocycles. The lowest BCUT2D eigenvalue weighted by Gasteiger charge is -2.17. The van der Waals surface area contributed by atoms with Gasteiger partial charge in [-0.1, -0.05) is 52.4 Å². The molecular formula is C12H26O2. The molecule has 0 aliphatic carbocycles. The molecule has 0 saturated heterocycles. The lowest BCUT2D eigenvalue weighted by molar-refractivity contribution is 0.00725. The first-order chi connectivity index (χ1) is 6.72. The molecule has 0 rings (SSSR count). The summed E-state index contributed by atoms with van der Waals surface area (Å²) in [7, 11) is 0. The molecule has 0 fully saturated rings. The summed E-state index contributed by atoms with van der Waals surface area (Å²) in [6, 6.07) is 0. The Hall–Kier alpha value is -0.0800. The predicted molar refractivity (Wildman–Crippen MR) is 60.3 cm³/mol. The van der Waals surface area contributed by atoms with Crippen molar-refractivity contribution in [3.05, 3.63) is 0 Å². The Balaban J connectivity index is 3.39. The van der Waals surface area contributed by atoms with Crippen molar-refractivity contribution in [2.75, 3.05) is 0 Å². The summed E-state index contributed by atoms with van der Waals surface area (Å²) in [4.78, 5) is 0. The van der Waals surface area contributed by atoms with Crippen LogP contribution in [0, 0.1) is 0 Å². The normalized spacial score (nSPS) is 15.4. The van der Waals surface area contributed by atoms with Gasteiger partial charge >= 0.3 is 0 Å². The zero-order chi connectivity index (χ0) is 10.8. The van der Waals surface area contributed by atoms with E-state index in [2.05, 4.69) is 13.8 Å². The molecule has 0 heterocycles. The molecule has 2 N–H and O–H groups in total. The largest absolute Gasteiger partial charge is 0.390 e. The first-order valence-corrected chi connectivity index (χ1v) is 6.08. The van der Waals surface area contributed by atoms with E-state index in [1.807, 2.05) is 0 Å². The van der Waals surface area contributed by atoms with Crippen LogP contribution in [-0.2, 0) is 0 Å². The fourth-order valence-corrected chi connectivity index (χ4v) is 1.59. The van der Waals surface area contributed by atoms with E-state index in [1.165, 1.54) is 12.8 Å². The molecule has 0 radical (unpaired) electrons. The van der Waals surface area contributed by atoms with Gasteiger partial charge in [0.05, 0.1) is 12.2 Å². The lowest BCUT2D eigenvalue weighted by atomic mass is 10.0. The van der Waals surface area contributed by atoms with Crippen molar-refractivity contribution >= 4 is 0 Å². The van der Waals surface area contributed by atoms with E-state index in [-0.39, 0.29) is 0 Å². The molecule has 0 unspecified atom stereocenters. The summed E-state index contributed by atoms with van der Waals surface area (Å²) in [5, 5.41) is 19.2. The van der Waals surface area contributed by atoms with Crippen LogP contribution in [0.4, 0.5) is 0 Å². The Bertz CT molecular complexity index is 101. The highest BCUT2D eigenvalue weighted by molar-refractivity contribution is 4.67. The number of aliphatic hydroxyl groups excluding tert-OH is 2. The van der Waals surface area contributed by atoms with E-state index in [9.17, 15) is 10.2 Å². The number of unbranched alkanes of at least 4 members (excludes halogenated alkanes) is 4. The minimum atomic E-state index is -0.501. The third kappa shape index (κ3) is 7.34. The van der Waals surface area contributed by atoms with Crippen LogP contribution in [0.2, 0.25) is 0 Å². The molecule has 2 heteroatoms. The average molecular weight is 202 g/mol. The predicted octanol–water partition coefficient (Wildman–Crippen LogP) is 2.87. The van der Waals surface area contributed by atoms with Gasteiger partial charge in [-0.05, 0) is 12.8 Å². The summed E-state index contributed by atoms with van der Waals surface area (Å²) in [5.74, 6) is 0. The highest BCUT2D eigenvalue weighted by Crippen LogP contribution is 2.12. The highest BCUT2D eigenvalue weighted by atomic mass is 16.3. The van der Waals surface area contributed by atoms with Gasteiger partial charge in [0.1, 0.15) is 0 Å². The third-order valence-electron chi connectivity index (χ3n) is 2.65. The maximum Gasteiger partial charge on any atom is 0.0799 e. The Morgan fingerprint density at radius 2 is 1.07 bits per heavy atom. The van der Waals surface area contributed by atoms with E-state index in [0.717, 1.165) is 38.5 Å². The number of aliphatic hydroxyl groups is 2. The van der Waals surface area contributed by atoms with E-state index in [0.29, 0.717) is 0 Å². The van der Waals surface area contributed by atoms with Crippen LogP contribution in [0.5, 0.6) is 0 Å². The van der Waals surface area contributed by atoms with Crippen molar-refractivity contribution in [1.82, 2.24) is 0 Å². The standard InChI is InChI=1S/C12H26O2/c1-3-5-7-9-11(13)12(14)10-8-6-4-2/h11-14H,3-10H2,1-2H3/t11-,12-/m1/s1. The van der Waals surface area contributed by atoms with Crippen molar-refractivity contribution in [2.24, 2.45) is 0 Å². The Kier molecular flexibility index (Phi) is 9.42. The van der Waals surface area contributed by atoms with E-state index in [1.54, 1.807) is 0 Å². The summed E-state index contributed by atoms with van der Waals surface area (Å²) in [6.07, 6.45) is 7.19.